The second-order valence-corrected chi connectivity index (χ2v) is 10.3. The minimum Gasteiger partial charge on any atom is -0.497 e. The summed E-state index contributed by atoms with van der Waals surface area (Å²) in [6, 6.07) is 11.8. The summed E-state index contributed by atoms with van der Waals surface area (Å²) in [6.45, 7) is 5.27. The first-order chi connectivity index (χ1) is 18.5. The Balaban J connectivity index is 1.81. The number of hydrogen-bond acceptors (Lipinski definition) is 9. The van der Waals surface area contributed by atoms with Crippen LogP contribution < -0.4 is 14.2 Å². The zero-order chi connectivity index (χ0) is 26.9. The van der Waals surface area contributed by atoms with Gasteiger partial charge < -0.3 is 28.4 Å². The van der Waals surface area contributed by atoms with E-state index in [1.807, 2.05) is 30.3 Å². The van der Waals surface area contributed by atoms with E-state index >= 15 is 0 Å². The predicted molar refractivity (Wildman–Crippen MR) is 147 cm³/mol. The zero-order valence-corrected chi connectivity index (χ0v) is 23.6. The normalized spacial score (nSPS) is 15.6. The lowest BCUT2D eigenvalue weighted by molar-refractivity contribution is 0.0315. The summed E-state index contributed by atoms with van der Waals surface area (Å²) >= 11 is 1.65. The van der Waals surface area contributed by atoms with Gasteiger partial charge in [-0.1, -0.05) is 25.6 Å². The number of aromatic nitrogens is 3. The number of ether oxygens (including phenoxy) is 6. The molecule has 3 aromatic rings. The van der Waals surface area contributed by atoms with E-state index in [0.29, 0.717) is 17.3 Å². The van der Waals surface area contributed by atoms with Gasteiger partial charge in [-0.25, -0.2) is 0 Å². The number of rotatable bonds is 13. The number of nitrogens with zero attached hydrogens (tertiary/aromatic N) is 3. The summed E-state index contributed by atoms with van der Waals surface area (Å²) in [4.78, 5) is 0. The van der Waals surface area contributed by atoms with Gasteiger partial charge in [-0.15, -0.1) is 10.2 Å². The van der Waals surface area contributed by atoms with Crippen LogP contribution in [0.25, 0.3) is 17.1 Å². The molecule has 2 aromatic carbocycles. The molecule has 38 heavy (non-hydrogen) atoms. The van der Waals surface area contributed by atoms with Crippen LogP contribution in [0.3, 0.4) is 0 Å². The van der Waals surface area contributed by atoms with Crippen LogP contribution in [-0.2, 0) is 14.2 Å². The van der Waals surface area contributed by atoms with Crippen LogP contribution in [0.1, 0.15) is 44.6 Å². The van der Waals surface area contributed by atoms with Crippen molar-refractivity contribution in [2.24, 2.45) is 0 Å². The molecule has 2 heterocycles. The fraction of sp³-hybridized carbons (Fsp3) is 0.500. The number of hydrogen-bond donors (Lipinski definition) is 0. The van der Waals surface area contributed by atoms with E-state index in [1.54, 1.807) is 33.1 Å². The van der Waals surface area contributed by atoms with Gasteiger partial charge in [-0.2, -0.15) is 0 Å². The Kier molecular flexibility index (Phi) is 10.3. The van der Waals surface area contributed by atoms with Crippen LogP contribution in [0.2, 0.25) is 0 Å². The molecule has 10 heteroatoms. The molecule has 0 spiro atoms. The van der Waals surface area contributed by atoms with Gasteiger partial charge in [0.25, 0.3) is 0 Å². The van der Waals surface area contributed by atoms with E-state index in [-0.39, 0.29) is 25.6 Å². The minimum atomic E-state index is 0.0784. The van der Waals surface area contributed by atoms with Gasteiger partial charge in [0.05, 0.1) is 24.5 Å². The Morgan fingerprint density at radius 1 is 0.974 bits per heavy atom. The maximum atomic E-state index is 6.02. The van der Waals surface area contributed by atoms with E-state index in [9.17, 15) is 0 Å². The Hall–Kier alpha value is -2.79. The Bertz CT molecular complexity index is 1160. The predicted octanol–water partition coefficient (Wildman–Crippen LogP) is 5.69. The molecule has 0 N–H and O–H groups in total. The highest BCUT2D eigenvalue weighted by Gasteiger charge is 2.24. The van der Waals surface area contributed by atoms with Crippen LogP contribution in [0.4, 0.5) is 0 Å². The molecule has 0 bridgehead atoms. The first-order valence-corrected chi connectivity index (χ1v) is 13.8. The smallest absolute Gasteiger partial charge is 0.196 e. The monoisotopic (exact) mass is 543 g/mol. The highest BCUT2D eigenvalue weighted by atomic mass is 32.2. The molecule has 206 valence electrons. The van der Waals surface area contributed by atoms with Crippen molar-refractivity contribution >= 4 is 11.8 Å². The molecular weight excluding hydrogens is 506 g/mol. The SMILES string of the molecule is COCOc1cc(OCOC)c(C(C)C)cc1-c1nnc(SCC2CCCCO2)n1-c1ccc(OC)cc1. The van der Waals surface area contributed by atoms with Crippen LogP contribution in [-0.4, -0.2) is 68.1 Å². The molecule has 1 aliphatic heterocycles. The Labute approximate surface area is 228 Å². The summed E-state index contributed by atoms with van der Waals surface area (Å²) in [5.74, 6) is 3.70. The summed E-state index contributed by atoms with van der Waals surface area (Å²) in [5.41, 5.74) is 2.72. The van der Waals surface area contributed by atoms with Gasteiger partial charge in [0.15, 0.2) is 24.6 Å². The van der Waals surface area contributed by atoms with Crippen molar-refractivity contribution in [1.82, 2.24) is 14.8 Å². The largest absolute Gasteiger partial charge is 0.497 e. The van der Waals surface area contributed by atoms with Crippen molar-refractivity contribution in [3.63, 3.8) is 0 Å². The van der Waals surface area contributed by atoms with Crippen LogP contribution >= 0.6 is 11.8 Å². The quantitative estimate of drug-likeness (QED) is 0.199. The van der Waals surface area contributed by atoms with Gasteiger partial charge >= 0.3 is 0 Å². The number of methoxy groups -OCH3 is 3. The van der Waals surface area contributed by atoms with Crippen molar-refractivity contribution < 1.29 is 28.4 Å². The Morgan fingerprint density at radius 3 is 2.34 bits per heavy atom. The second kappa shape index (κ2) is 13.8. The molecule has 0 saturated carbocycles. The second-order valence-electron chi connectivity index (χ2n) is 9.28. The average molecular weight is 544 g/mol. The molecule has 4 rings (SSSR count). The van der Waals surface area contributed by atoms with Gasteiger partial charge in [0.2, 0.25) is 0 Å². The van der Waals surface area contributed by atoms with Crippen LogP contribution in [0.5, 0.6) is 17.2 Å². The lowest BCUT2D eigenvalue weighted by Crippen LogP contribution is -2.21. The molecular formula is C28H37N3O6S. The topological polar surface area (TPSA) is 86.1 Å². The molecule has 1 unspecified atom stereocenters. The van der Waals surface area contributed by atoms with Gasteiger partial charge in [0.1, 0.15) is 17.2 Å². The van der Waals surface area contributed by atoms with Crippen molar-refractivity contribution in [3.8, 4) is 34.3 Å². The van der Waals surface area contributed by atoms with E-state index in [0.717, 1.165) is 52.9 Å². The van der Waals surface area contributed by atoms with E-state index in [4.69, 9.17) is 28.4 Å². The first kappa shape index (κ1) is 28.2. The standard InChI is InChI=1S/C28H37N3O6S/c1-19(2)23-14-24(26(37-18-33-4)15-25(23)36-17-32-3)27-29-30-28(38-16-22-8-6-7-13-35-22)31(27)20-9-11-21(34-5)12-10-20/h9-12,14-15,19,22H,6-8,13,16-18H2,1-5H3. The summed E-state index contributed by atoms with van der Waals surface area (Å²) in [5, 5.41) is 10.1. The molecule has 1 fully saturated rings. The molecule has 1 aliphatic rings. The third-order valence-electron chi connectivity index (χ3n) is 6.28. The summed E-state index contributed by atoms with van der Waals surface area (Å²) < 4.78 is 35.7. The van der Waals surface area contributed by atoms with Crippen LogP contribution in [0.15, 0.2) is 41.6 Å². The van der Waals surface area contributed by atoms with E-state index < -0.39 is 0 Å². The highest BCUT2D eigenvalue weighted by molar-refractivity contribution is 7.99. The lowest BCUT2D eigenvalue weighted by atomic mass is 9.98. The first-order valence-electron chi connectivity index (χ1n) is 12.8. The summed E-state index contributed by atoms with van der Waals surface area (Å²) in [6.07, 6.45) is 3.59. The average Bonchev–Trinajstić information content (AvgIpc) is 3.37. The lowest BCUT2D eigenvalue weighted by Gasteiger charge is -2.22. The molecule has 1 saturated heterocycles. The van der Waals surface area contributed by atoms with Gasteiger partial charge in [0, 0.05) is 32.6 Å². The Morgan fingerprint density at radius 2 is 1.71 bits per heavy atom. The van der Waals surface area contributed by atoms with Crippen molar-refractivity contribution in [3.05, 3.63) is 42.0 Å². The molecule has 0 amide bonds. The third-order valence-corrected chi connectivity index (χ3v) is 7.34. The molecule has 0 radical (unpaired) electrons. The zero-order valence-electron chi connectivity index (χ0n) is 22.8. The van der Waals surface area contributed by atoms with Crippen LogP contribution in [0, 0.1) is 0 Å². The van der Waals surface area contributed by atoms with Crippen molar-refractivity contribution in [2.45, 2.75) is 50.3 Å². The van der Waals surface area contributed by atoms with Crippen molar-refractivity contribution in [1.29, 1.82) is 0 Å². The number of thioether (sulfide) groups is 1. The minimum absolute atomic E-state index is 0.0784. The maximum Gasteiger partial charge on any atom is 0.196 e. The van der Waals surface area contributed by atoms with Gasteiger partial charge in [-0.3, -0.25) is 4.57 Å². The maximum absolute atomic E-state index is 6.02. The van der Waals surface area contributed by atoms with Gasteiger partial charge in [-0.05, 0) is 61.1 Å². The molecule has 1 atom stereocenters. The van der Waals surface area contributed by atoms with E-state index in [1.165, 1.54) is 6.42 Å². The van der Waals surface area contributed by atoms with Crippen molar-refractivity contribution in [2.75, 3.05) is 47.3 Å². The number of benzene rings is 2. The molecule has 0 aliphatic carbocycles. The van der Waals surface area contributed by atoms with E-state index in [2.05, 4.69) is 34.7 Å². The third kappa shape index (κ3) is 6.79. The fourth-order valence-electron chi connectivity index (χ4n) is 4.30. The fourth-order valence-corrected chi connectivity index (χ4v) is 5.32. The molecule has 1 aromatic heterocycles. The summed E-state index contributed by atoms with van der Waals surface area (Å²) in [7, 11) is 4.85. The molecule has 9 nitrogen and oxygen atoms in total. The highest BCUT2D eigenvalue weighted by Crippen LogP contribution is 2.41.